The predicted molar refractivity (Wildman–Crippen MR) is 94.8 cm³/mol. The topological polar surface area (TPSA) is 103 Å². The fraction of sp³-hybridized carbons (Fsp3) is 0.176. The molecule has 1 aromatic carbocycles. The van der Waals surface area contributed by atoms with Gasteiger partial charge in [-0.3, -0.25) is 9.54 Å². The molecule has 0 aliphatic heterocycles. The quantitative estimate of drug-likeness (QED) is 0.352. The summed E-state index contributed by atoms with van der Waals surface area (Å²) in [7, 11) is -3.96. The van der Waals surface area contributed by atoms with E-state index in [9.17, 15) is 8.42 Å². The molecule has 0 spiro atoms. The van der Waals surface area contributed by atoms with E-state index in [2.05, 4.69) is 9.97 Å². The zero-order valence-electron chi connectivity index (χ0n) is 15.2. The average Bonchev–Trinajstić information content (AvgIpc) is 2.99. The Bertz CT molecular complexity index is 993. The van der Waals surface area contributed by atoms with Crippen molar-refractivity contribution < 1.29 is 53.1 Å². The van der Waals surface area contributed by atoms with Crippen LogP contribution in [-0.2, 0) is 10.1 Å². The van der Waals surface area contributed by atoms with E-state index in [0.717, 1.165) is 5.56 Å². The molecule has 0 atom stereocenters. The molecule has 2 aromatic heterocycles. The predicted octanol–water partition coefficient (Wildman–Crippen LogP) is 0.166. The van der Waals surface area contributed by atoms with Gasteiger partial charge in [-0.15, -0.1) is 0 Å². The Morgan fingerprint density at radius 1 is 1.27 bits per heavy atom. The number of nitrogens with zero attached hydrogens (tertiary/aromatic N) is 2. The Hall–Kier alpha value is -1.71. The summed E-state index contributed by atoms with van der Waals surface area (Å²) in [5.74, 6) is 0.671. The van der Waals surface area contributed by atoms with Crippen LogP contribution in [0, 0.1) is 0 Å². The van der Waals surface area contributed by atoms with Gasteiger partial charge in [0.1, 0.15) is 11.3 Å². The van der Waals surface area contributed by atoms with E-state index < -0.39 is 10.1 Å². The van der Waals surface area contributed by atoms with Crippen LogP contribution in [0.1, 0.15) is 19.3 Å². The molecular weight excluding hydrogens is 367 g/mol. The Morgan fingerprint density at radius 2 is 2.12 bits per heavy atom. The van der Waals surface area contributed by atoms with Gasteiger partial charge in [-0.05, 0) is 36.3 Å². The SMILES string of the molecule is O=S(=O)(O)CCCOc1ccc2nc(C=Cc3cccnc3)oc2c1.[H-].[Na+]. The van der Waals surface area contributed by atoms with E-state index in [1.54, 1.807) is 36.7 Å². The van der Waals surface area contributed by atoms with E-state index in [1.807, 2.05) is 18.2 Å². The van der Waals surface area contributed by atoms with Crippen LogP contribution in [0.5, 0.6) is 5.75 Å². The fourth-order valence-corrected chi connectivity index (χ4v) is 2.64. The van der Waals surface area contributed by atoms with E-state index >= 15 is 0 Å². The van der Waals surface area contributed by atoms with Gasteiger partial charge >= 0.3 is 29.6 Å². The van der Waals surface area contributed by atoms with Gasteiger partial charge in [0, 0.05) is 24.5 Å². The molecule has 26 heavy (non-hydrogen) atoms. The first-order chi connectivity index (χ1) is 12.0. The van der Waals surface area contributed by atoms with Crippen molar-refractivity contribution in [3.8, 4) is 5.75 Å². The normalized spacial score (nSPS) is 11.6. The molecular formula is C17H17N2NaO5S. The van der Waals surface area contributed by atoms with Crippen LogP contribution in [0.4, 0.5) is 0 Å². The van der Waals surface area contributed by atoms with Gasteiger partial charge in [0.05, 0.1) is 12.4 Å². The van der Waals surface area contributed by atoms with Crippen LogP contribution in [0.15, 0.2) is 47.1 Å². The van der Waals surface area contributed by atoms with Crippen LogP contribution in [0.25, 0.3) is 23.3 Å². The summed E-state index contributed by atoms with van der Waals surface area (Å²) in [5.41, 5.74) is 2.20. The standard InChI is InChI=1S/C17H16N2O5S.Na.H/c20-25(21,22)10-2-9-23-14-5-6-15-16(11-14)24-17(19-15)7-4-13-3-1-8-18-12-13;;/h1,3-8,11-12H,2,9-10H2,(H,20,21,22);;/q;+1;-1. The maximum atomic E-state index is 10.7. The van der Waals surface area contributed by atoms with Crippen LogP contribution < -0.4 is 34.3 Å². The second kappa shape index (κ2) is 9.29. The number of pyridine rings is 1. The number of fused-ring (bicyclic) bond motifs is 1. The fourth-order valence-electron chi connectivity index (χ4n) is 2.16. The molecule has 3 aromatic rings. The van der Waals surface area contributed by atoms with Gasteiger partial charge in [-0.1, -0.05) is 6.07 Å². The van der Waals surface area contributed by atoms with Crippen LogP contribution in [0.3, 0.4) is 0 Å². The molecule has 0 fully saturated rings. The van der Waals surface area contributed by atoms with Crippen molar-refractivity contribution in [2.24, 2.45) is 0 Å². The number of aromatic nitrogens is 2. The summed E-state index contributed by atoms with van der Waals surface area (Å²) >= 11 is 0. The zero-order valence-corrected chi connectivity index (χ0v) is 17.0. The summed E-state index contributed by atoms with van der Waals surface area (Å²) in [4.78, 5) is 8.39. The second-order valence-corrected chi connectivity index (χ2v) is 6.86. The number of oxazole rings is 1. The molecule has 2 heterocycles. The van der Waals surface area contributed by atoms with Crippen molar-refractivity contribution in [2.45, 2.75) is 6.42 Å². The smallest absolute Gasteiger partial charge is 1.00 e. The third-order valence-electron chi connectivity index (χ3n) is 3.29. The summed E-state index contributed by atoms with van der Waals surface area (Å²) in [6, 6.07) is 8.95. The third kappa shape index (κ3) is 6.22. The first-order valence-corrected chi connectivity index (χ1v) is 9.17. The Morgan fingerprint density at radius 3 is 2.85 bits per heavy atom. The molecule has 0 amide bonds. The minimum Gasteiger partial charge on any atom is -1.00 e. The molecule has 3 rings (SSSR count). The molecule has 0 radical (unpaired) electrons. The number of hydrogen-bond acceptors (Lipinski definition) is 6. The van der Waals surface area contributed by atoms with Crippen LogP contribution >= 0.6 is 0 Å². The van der Waals surface area contributed by atoms with Gasteiger partial charge in [-0.2, -0.15) is 8.42 Å². The zero-order chi connectivity index (χ0) is 17.7. The van der Waals surface area contributed by atoms with E-state index in [-0.39, 0.29) is 49.8 Å². The van der Waals surface area contributed by atoms with Crippen molar-refractivity contribution in [2.75, 3.05) is 12.4 Å². The van der Waals surface area contributed by atoms with Gasteiger partial charge in [0.25, 0.3) is 10.1 Å². The van der Waals surface area contributed by atoms with Crippen molar-refractivity contribution in [3.63, 3.8) is 0 Å². The second-order valence-electron chi connectivity index (χ2n) is 5.29. The monoisotopic (exact) mass is 384 g/mol. The molecule has 9 heteroatoms. The Kier molecular flexibility index (Phi) is 7.36. The summed E-state index contributed by atoms with van der Waals surface area (Å²) in [5, 5.41) is 0. The maximum Gasteiger partial charge on any atom is 1.00 e. The summed E-state index contributed by atoms with van der Waals surface area (Å²) in [6.07, 6.45) is 7.24. The van der Waals surface area contributed by atoms with E-state index in [1.165, 1.54) is 0 Å². The first kappa shape index (κ1) is 20.6. The van der Waals surface area contributed by atoms with E-state index in [4.69, 9.17) is 13.7 Å². The van der Waals surface area contributed by atoms with Crippen molar-refractivity contribution in [3.05, 3.63) is 54.2 Å². The molecule has 0 saturated heterocycles. The van der Waals surface area contributed by atoms with Crippen LogP contribution in [-0.4, -0.2) is 35.3 Å². The van der Waals surface area contributed by atoms with Gasteiger partial charge in [-0.25, -0.2) is 4.98 Å². The van der Waals surface area contributed by atoms with Crippen molar-refractivity contribution >= 4 is 33.4 Å². The molecule has 0 aliphatic rings. The minimum atomic E-state index is -3.96. The average molecular weight is 384 g/mol. The number of ether oxygens (including phenoxy) is 1. The Labute approximate surface area is 174 Å². The van der Waals surface area contributed by atoms with Gasteiger partial charge < -0.3 is 10.6 Å². The minimum absolute atomic E-state index is 0. The molecule has 7 nitrogen and oxygen atoms in total. The molecule has 132 valence electrons. The molecule has 0 unspecified atom stereocenters. The maximum absolute atomic E-state index is 10.7. The van der Waals surface area contributed by atoms with Crippen molar-refractivity contribution in [1.29, 1.82) is 0 Å². The number of benzene rings is 1. The van der Waals surface area contributed by atoms with Gasteiger partial charge in [0.2, 0.25) is 5.89 Å². The molecule has 0 saturated carbocycles. The first-order valence-electron chi connectivity index (χ1n) is 7.56. The van der Waals surface area contributed by atoms with Crippen molar-refractivity contribution in [1.82, 2.24) is 9.97 Å². The van der Waals surface area contributed by atoms with Gasteiger partial charge in [0.15, 0.2) is 5.58 Å². The van der Waals surface area contributed by atoms with E-state index in [0.29, 0.717) is 22.7 Å². The number of rotatable bonds is 7. The Balaban J connectivity index is 0.00000182. The summed E-state index contributed by atoms with van der Waals surface area (Å²) < 4.78 is 41.1. The largest absolute Gasteiger partial charge is 1.00 e. The number of hydrogen-bond donors (Lipinski definition) is 1. The van der Waals surface area contributed by atoms with Crippen LogP contribution in [0.2, 0.25) is 0 Å². The molecule has 1 N–H and O–H groups in total. The third-order valence-corrected chi connectivity index (χ3v) is 4.10. The molecule has 0 bridgehead atoms. The molecule has 0 aliphatic carbocycles. The summed E-state index contributed by atoms with van der Waals surface area (Å²) in [6.45, 7) is 0.174.